The van der Waals surface area contributed by atoms with Crippen molar-refractivity contribution in [2.45, 2.75) is 6.17 Å². The average Bonchev–Trinajstić information content (AvgIpc) is 3.66. The van der Waals surface area contributed by atoms with Gasteiger partial charge in [-0.3, -0.25) is 0 Å². The number of para-hydroxylation sites is 1. The Morgan fingerprint density at radius 1 is 0.418 bits per heavy atom. The van der Waals surface area contributed by atoms with Crippen LogP contribution in [0.25, 0.3) is 76.5 Å². The summed E-state index contributed by atoms with van der Waals surface area (Å²) in [5.41, 5.74) is 9.14. The third-order valence-corrected chi connectivity index (χ3v) is 10.9. The maximum atomic E-state index is 6.65. The monoisotopic (exact) mass is 703 g/mol. The van der Waals surface area contributed by atoms with E-state index in [-0.39, 0.29) is 0 Å². The molecule has 1 aliphatic rings. The SMILES string of the molecule is c1ccc(C2=NC(c3cccc4oc5c(-c6ccccc6)cccc5c34)=NC(c3ccccc3-c3cccc4c3ccc3ccc5ccccc5c34)N2)cc1. The van der Waals surface area contributed by atoms with Gasteiger partial charge in [-0.15, -0.1) is 0 Å². The first-order valence-electron chi connectivity index (χ1n) is 18.7. The quantitative estimate of drug-likeness (QED) is 0.181. The molecule has 9 aromatic carbocycles. The predicted molar refractivity (Wildman–Crippen MR) is 229 cm³/mol. The summed E-state index contributed by atoms with van der Waals surface area (Å²) in [6, 6.07) is 66.2. The van der Waals surface area contributed by atoms with Crippen LogP contribution in [0.2, 0.25) is 0 Å². The number of aliphatic imine (C=N–C) groups is 2. The fourth-order valence-corrected chi connectivity index (χ4v) is 8.43. The molecule has 0 saturated heterocycles. The Hall–Kier alpha value is -7.30. The Morgan fingerprint density at radius 3 is 1.93 bits per heavy atom. The Morgan fingerprint density at radius 2 is 1.05 bits per heavy atom. The molecule has 0 radical (unpaired) electrons. The highest BCUT2D eigenvalue weighted by Gasteiger charge is 2.26. The molecule has 0 fully saturated rings. The fourth-order valence-electron chi connectivity index (χ4n) is 8.43. The summed E-state index contributed by atoms with van der Waals surface area (Å²) in [5.74, 6) is 1.43. The van der Waals surface area contributed by atoms with Crippen LogP contribution < -0.4 is 5.32 Å². The lowest BCUT2D eigenvalue weighted by Crippen LogP contribution is -2.33. The van der Waals surface area contributed by atoms with E-state index in [9.17, 15) is 0 Å². The highest BCUT2D eigenvalue weighted by Crippen LogP contribution is 2.41. The summed E-state index contributed by atoms with van der Waals surface area (Å²) in [6.07, 6.45) is -0.413. The number of furan rings is 1. The first-order valence-corrected chi connectivity index (χ1v) is 18.7. The van der Waals surface area contributed by atoms with E-state index in [1.165, 1.54) is 37.9 Å². The Labute approximate surface area is 317 Å². The zero-order valence-corrected chi connectivity index (χ0v) is 29.8. The Bertz CT molecular complexity index is 3180. The fraction of sp³-hybridized carbons (Fsp3) is 0.0196. The van der Waals surface area contributed by atoms with Gasteiger partial charge < -0.3 is 9.73 Å². The summed E-state index contributed by atoms with van der Waals surface area (Å²) < 4.78 is 6.65. The van der Waals surface area contributed by atoms with E-state index in [2.05, 4.69) is 157 Å². The van der Waals surface area contributed by atoms with E-state index in [1.54, 1.807) is 0 Å². The van der Waals surface area contributed by atoms with Crippen molar-refractivity contribution in [1.29, 1.82) is 0 Å². The summed E-state index contributed by atoms with van der Waals surface area (Å²) in [5, 5.41) is 13.3. The maximum Gasteiger partial charge on any atom is 0.160 e. The van der Waals surface area contributed by atoms with Gasteiger partial charge in [0.25, 0.3) is 0 Å². The summed E-state index contributed by atoms with van der Waals surface area (Å²) in [6.45, 7) is 0. The second-order valence-corrected chi connectivity index (χ2v) is 14.1. The topological polar surface area (TPSA) is 49.9 Å². The molecule has 4 nitrogen and oxygen atoms in total. The van der Waals surface area contributed by atoms with Crippen molar-refractivity contribution in [3.8, 4) is 22.3 Å². The normalized spacial score (nSPS) is 14.4. The first-order chi connectivity index (χ1) is 27.3. The van der Waals surface area contributed by atoms with Crippen molar-refractivity contribution in [2.24, 2.45) is 9.98 Å². The van der Waals surface area contributed by atoms with Crippen LogP contribution in [0, 0.1) is 0 Å². The van der Waals surface area contributed by atoms with E-state index in [0.717, 1.165) is 61.2 Å². The molecule has 258 valence electrons. The molecule has 0 saturated carbocycles. The van der Waals surface area contributed by atoms with E-state index in [0.29, 0.717) is 5.84 Å². The molecule has 4 heteroatoms. The zero-order valence-electron chi connectivity index (χ0n) is 29.8. The summed E-state index contributed by atoms with van der Waals surface area (Å²) in [7, 11) is 0. The third-order valence-electron chi connectivity index (χ3n) is 10.9. The first kappa shape index (κ1) is 31.2. The van der Waals surface area contributed by atoms with Gasteiger partial charge in [0, 0.05) is 33.0 Å². The number of hydrogen-bond acceptors (Lipinski definition) is 4. The standard InChI is InChI=1S/C51H33N3O/c1-3-14-32(15-4-1)37-22-11-25-43-47-44(26-13-27-45(47)55-48(37)43)51-53-49(35-17-5-2-6-18-35)52-50(54-51)42-21-10-9-20-39(42)38-23-12-24-41-40(38)31-30-34-29-28-33-16-7-8-19-36(33)46(34)41/h1-31,50H,(H,52,53,54). The van der Waals surface area contributed by atoms with Crippen LogP contribution >= 0.6 is 0 Å². The molecule has 0 amide bonds. The molecule has 1 atom stereocenters. The molecule has 1 unspecified atom stereocenters. The minimum Gasteiger partial charge on any atom is -0.455 e. The third kappa shape index (κ3) is 5.14. The molecule has 55 heavy (non-hydrogen) atoms. The van der Waals surface area contributed by atoms with Crippen molar-refractivity contribution in [2.75, 3.05) is 0 Å². The van der Waals surface area contributed by atoms with E-state index >= 15 is 0 Å². The van der Waals surface area contributed by atoms with Crippen LogP contribution in [0.5, 0.6) is 0 Å². The van der Waals surface area contributed by atoms with Gasteiger partial charge in [0.05, 0.1) is 0 Å². The molecule has 11 rings (SSSR count). The number of amidine groups is 2. The lowest BCUT2D eigenvalue weighted by atomic mass is 9.90. The van der Waals surface area contributed by atoms with Gasteiger partial charge in [0.2, 0.25) is 0 Å². The van der Waals surface area contributed by atoms with Gasteiger partial charge in [-0.05, 0) is 55.1 Å². The number of fused-ring (bicyclic) bond motifs is 8. The molecule has 0 spiro atoms. The molecule has 0 aliphatic carbocycles. The number of hydrogen-bond donors (Lipinski definition) is 1. The van der Waals surface area contributed by atoms with Crippen molar-refractivity contribution in [3.05, 3.63) is 205 Å². The van der Waals surface area contributed by atoms with Gasteiger partial charge in [-0.2, -0.15) is 0 Å². The molecule has 10 aromatic rings. The van der Waals surface area contributed by atoms with Crippen LogP contribution in [0.3, 0.4) is 0 Å². The smallest absolute Gasteiger partial charge is 0.160 e. The van der Waals surface area contributed by atoms with E-state index in [4.69, 9.17) is 14.4 Å². The zero-order chi connectivity index (χ0) is 36.3. The molecule has 0 bridgehead atoms. The molecular weight excluding hydrogens is 671 g/mol. The molecule has 1 aliphatic heterocycles. The largest absolute Gasteiger partial charge is 0.455 e. The van der Waals surface area contributed by atoms with E-state index < -0.39 is 6.17 Å². The Balaban J connectivity index is 1.11. The Kier molecular flexibility index (Phi) is 7.20. The highest BCUT2D eigenvalue weighted by atomic mass is 16.3. The van der Waals surface area contributed by atoms with Crippen molar-refractivity contribution in [1.82, 2.24) is 5.32 Å². The van der Waals surface area contributed by atoms with Gasteiger partial charge in [-0.25, -0.2) is 9.98 Å². The number of nitrogens with zero attached hydrogens (tertiary/aromatic N) is 2. The number of nitrogens with one attached hydrogen (secondary N) is 1. The lowest BCUT2D eigenvalue weighted by Gasteiger charge is -2.26. The van der Waals surface area contributed by atoms with Gasteiger partial charge in [0.15, 0.2) is 5.84 Å². The van der Waals surface area contributed by atoms with Crippen LogP contribution in [-0.4, -0.2) is 11.7 Å². The second kappa shape index (κ2) is 12.7. The van der Waals surface area contributed by atoms with Crippen LogP contribution in [-0.2, 0) is 0 Å². The van der Waals surface area contributed by atoms with Crippen LogP contribution in [0.1, 0.15) is 22.9 Å². The average molecular weight is 704 g/mol. The van der Waals surface area contributed by atoms with Crippen molar-refractivity contribution >= 4 is 65.9 Å². The predicted octanol–water partition coefficient (Wildman–Crippen LogP) is 12.9. The molecule has 2 heterocycles. The molecule has 1 aromatic heterocycles. The second-order valence-electron chi connectivity index (χ2n) is 14.1. The molecular formula is C51H33N3O. The summed E-state index contributed by atoms with van der Waals surface area (Å²) >= 11 is 0. The van der Waals surface area contributed by atoms with Gasteiger partial charge >= 0.3 is 0 Å². The molecule has 1 N–H and O–H groups in total. The number of rotatable bonds is 5. The minimum atomic E-state index is -0.413. The van der Waals surface area contributed by atoms with Crippen LogP contribution in [0.4, 0.5) is 0 Å². The lowest BCUT2D eigenvalue weighted by molar-refractivity contribution is 0.669. The van der Waals surface area contributed by atoms with Crippen molar-refractivity contribution in [3.63, 3.8) is 0 Å². The van der Waals surface area contributed by atoms with Gasteiger partial charge in [-0.1, -0.05) is 182 Å². The summed E-state index contributed by atoms with van der Waals surface area (Å²) in [4.78, 5) is 10.7. The minimum absolute atomic E-state index is 0.413. The number of benzene rings is 9. The van der Waals surface area contributed by atoms with Gasteiger partial charge in [0.1, 0.15) is 23.2 Å². The maximum absolute atomic E-state index is 6.65. The van der Waals surface area contributed by atoms with Crippen LogP contribution in [0.15, 0.2) is 202 Å². The highest BCUT2D eigenvalue weighted by molar-refractivity contribution is 6.24. The van der Waals surface area contributed by atoms with Crippen molar-refractivity contribution < 1.29 is 4.42 Å². The van der Waals surface area contributed by atoms with E-state index in [1.807, 2.05) is 36.4 Å².